The highest BCUT2D eigenvalue weighted by atomic mass is 32.2. The molecule has 0 aliphatic rings. The highest BCUT2D eigenvalue weighted by Crippen LogP contribution is 2.22. The molecule has 0 aliphatic heterocycles. The van der Waals surface area contributed by atoms with Gasteiger partial charge in [0.25, 0.3) is 10.0 Å². The minimum absolute atomic E-state index is 0.202. The average molecular weight is 342 g/mol. The fourth-order valence-corrected chi connectivity index (χ4v) is 3.42. The van der Waals surface area contributed by atoms with Crippen LogP contribution in [0.1, 0.15) is 18.4 Å². The van der Waals surface area contributed by atoms with Gasteiger partial charge in [-0.05, 0) is 36.2 Å². The second-order valence-corrected chi connectivity index (χ2v) is 7.12. The molecule has 3 aromatic rings. The summed E-state index contributed by atoms with van der Waals surface area (Å²) in [7, 11) is -3.63. The van der Waals surface area contributed by atoms with Crippen molar-refractivity contribution in [1.82, 2.24) is 4.98 Å². The summed E-state index contributed by atoms with van der Waals surface area (Å²) in [5.41, 5.74) is 3.12. The van der Waals surface area contributed by atoms with E-state index >= 15 is 0 Å². The SMILES string of the molecule is CCc1cccc(NS(=O)(=O)c2ccc(-c3coc(C)n3)cc2)c1. The van der Waals surface area contributed by atoms with Crippen molar-refractivity contribution in [3.63, 3.8) is 0 Å². The van der Waals surface area contributed by atoms with E-state index in [1.54, 1.807) is 43.5 Å². The summed E-state index contributed by atoms with van der Waals surface area (Å²) in [4.78, 5) is 4.43. The topological polar surface area (TPSA) is 72.2 Å². The smallest absolute Gasteiger partial charge is 0.261 e. The zero-order valence-electron chi connectivity index (χ0n) is 13.5. The van der Waals surface area contributed by atoms with Crippen LogP contribution in [0.25, 0.3) is 11.3 Å². The predicted octanol–water partition coefficient (Wildman–Crippen LogP) is 4.01. The van der Waals surface area contributed by atoms with E-state index in [0.717, 1.165) is 17.5 Å². The van der Waals surface area contributed by atoms with Gasteiger partial charge < -0.3 is 4.42 Å². The highest BCUT2D eigenvalue weighted by molar-refractivity contribution is 7.92. The number of nitrogens with zero attached hydrogens (tertiary/aromatic N) is 1. The van der Waals surface area contributed by atoms with Crippen LogP contribution in [0.15, 0.2) is 64.1 Å². The van der Waals surface area contributed by atoms with Gasteiger partial charge in [0.1, 0.15) is 12.0 Å². The van der Waals surface area contributed by atoms with Crippen LogP contribution in [0.3, 0.4) is 0 Å². The molecule has 1 N–H and O–H groups in total. The van der Waals surface area contributed by atoms with E-state index in [9.17, 15) is 8.42 Å². The van der Waals surface area contributed by atoms with Crippen molar-refractivity contribution in [2.75, 3.05) is 4.72 Å². The largest absolute Gasteiger partial charge is 0.449 e. The molecule has 0 unspecified atom stereocenters. The number of anilines is 1. The fourth-order valence-electron chi connectivity index (χ4n) is 2.37. The van der Waals surface area contributed by atoms with Crippen LogP contribution in [-0.2, 0) is 16.4 Å². The Hall–Kier alpha value is -2.60. The normalized spacial score (nSPS) is 11.4. The Labute approximate surface area is 141 Å². The predicted molar refractivity (Wildman–Crippen MR) is 93.3 cm³/mol. The Kier molecular flexibility index (Phi) is 4.40. The number of rotatable bonds is 5. The Morgan fingerprint density at radius 3 is 2.50 bits per heavy atom. The highest BCUT2D eigenvalue weighted by Gasteiger charge is 2.15. The van der Waals surface area contributed by atoms with Crippen LogP contribution >= 0.6 is 0 Å². The molecule has 124 valence electrons. The Balaban J connectivity index is 1.84. The quantitative estimate of drug-likeness (QED) is 0.760. The molecule has 3 rings (SSSR count). The van der Waals surface area contributed by atoms with E-state index < -0.39 is 10.0 Å². The van der Waals surface area contributed by atoms with Crippen molar-refractivity contribution >= 4 is 15.7 Å². The third-order valence-corrected chi connectivity index (χ3v) is 5.06. The van der Waals surface area contributed by atoms with E-state index in [1.165, 1.54) is 0 Å². The summed E-state index contributed by atoms with van der Waals surface area (Å²) in [5.74, 6) is 0.569. The maximum absolute atomic E-state index is 12.5. The number of nitrogens with one attached hydrogen (secondary N) is 1. The van der Waals surface area contributed by atoms with E-state index in [4.69, 9.17) is 4.42 Å². The van der Waals surface area contributed by atoms with E-state index in [0.29, 0.717) is 17.3 Å². The Bertz CT molecular complexity index is 944. The Morgan fingerprint density at radius 1 is 1.12 bits per heavy atom. The molecule has 5 nitrogen and oxygen atoms in total. The van der Waals surface area contributed by atoms with Crippen molar-refractivity contribution < 1.29 is 12.8 Å². The van der Waals surface area contributed by atoms with Crippen LogP contribution in [-0.4, -0.2) is 13.4 Å². The number of sulfonamides is 1. The summed E-state index contributed by atoms with van der Waals surface area (Å²) < 4.78 is 32.8. The molecule has 0 aliphatic carbocycles. The zero-order valence-corrected chi connectivity index (χ0v) is 14.3. The van der Waals surface area contributed by atoms with Crippen LogP contribution in [0.4, 0.5) is 5.69 Å². The van der Waals surface area contributed by atoms with Crippen LogP contribution in [0.2, 0.25) is 0 Å². The van der Waals surface area contributed by atoms with Gasteiger partial charge in [0.05, 0.1) is 4.90 Å². The second-order valence-electron chi connectivity index (χ2n) is 5.44. The standard InChI is InChI=1S/C18H18N2O3S/c1-3-14-5-4-6-16(11-14)20-24(21,22)17-9-7-15(8-10-17)18-12-23-13(2)19-18/h4-12,20H,3H2,1-2H3. The Morgan fingerprint density at radius 2 is 1.88 bits per heavy atom. The van der Waals surface area contributed by atoms with Crippen molar-refractivity contribution in [2.24, 2.45) is 0 Å². The van der Waals surface area contributed by atoms with Gasteiger partial charge in [0, 0.05) is 18.2 Å². The summed E-state index contributed by atoms with van der Waals surface area (Å²) in [6.45, 7) is 3.79. The number of benzene rings is 2. The lowest BCUT2D eigenvalue weighted by molar-refractivity contribution is 0.521. The van der Waals surface area contributed by atoms with Crippen LogP contribution < -0.4 is 4.72 Å². The van der Waals surface area contributed by atoms with Gasteiger partial charge in [-0.25, -0.2) is 13.4 Å². The monoisotopic (exact) mass is 342 g/mol. The third kappa shape index (κ3) is 3.49. The van der Waals surface area contributed by atoms with E-state index in [2.05, 4.69) is 9.71 Å². The zero-order chi connectivity index (χ0) is 17.2. The summed E-state index contributed by atoms with van der Waals surface area (Å²) >= 11 is 0. The summed E-state index contributed by atoms with van der Waals surface area (Å²) in [6, 6.07) is 13.9. The molecule has 0 radical (unpaired) electrons. The number of oxazole rings is 1. The third-order valence-electron chi connectivity index (χ3n) is 3.67. The summed E-state index contributed by atoms with van der Waals surface area (Å²) in [6.07, 6.45) is 2.40. The van der Waals surface area contributed by atoms with Gasteiger partial charge in [0.15, 0.2) is 5.89 Å². The molecule has 24 heavy (non-hydrogen) atoms. The molecular formula is C18H18N2O3S. The molecular weight excluding hydrogens is 324 g/mol. The van der Waals surface area contributed by atoms with Crippen molar-refractivity contribution in [3.8, 4) is 11.3 Å². The molecule has 0 amide bonds. The van der Waals surface area contributed by atoms with E-state index in [1.807, 2.05) is 25.1 Å². The fraction of sp³-hybridized carbons (Fsp3) is 0.167. The molecule has 1 heterocycles. The number of aromatic nitrogens is 1. The van der Waals surface area contributed by atoms with Crippen LogP contribution in [0.5, 0.6) is 0 Å². The van der Waals surface area contributed by atoms with Gasteiger partial charge in [-0.1, -0.05) is 31.2 Å². The molecule has 0 atom stereocenters. The average Bonchev–Trinajstić information content (AvgIpc) is 3.01. The van der Waals surface area contributed by atoms with Crippen molar-refractivity contribution in [2.45, 2.75) is 25.2 Å². The first-order valence-electron chi connectivity index (χ1n) is 7.62. The molecule has 0 saturated carbocycles. The van der Waals surface area contributed by atoms with Crippen LogP contribution in [0, 0.1) is 6.92 Å². The van der Waals surface area contributed by atoms with Gasteiger partial charge in [-0.15, -0.1) is 0 Å². The van der Waals surface area contributed by atoms with Gasteiger partial charge >= 0.3 is 0 Å². The number of aryl methyl sites for hydroxylation is 2. The first-order valence-corrected chi connectivity index (χ1v) is 9.10. The van der Waals surface area contributed by atoms with Gasteiger partial charge in [0.2, 0.25) is 0 Å². The maximum atomic E-state index is 12.5. The summed E-state index contributed by atoms with van der Waals surface area (Å²) in [5, 5.41) is 0. The van der Waals surface area contributed by atoms with Crippen molar-refractivity contribution in [1.29, 1.82) is 0 Å². The molecule has 0 spiro atoms. The molecule has 0 bridgehead atoms. The number of hydrogen-bond donors (Lipinski definition) is 1. The van der Waals surface area contributed by atoms with Crippen molar-refractivity contribution in [3.05, 3.63) is 66.2 Å². The molecule has 6 heteroatoms. The number of hydrogen-bond acceptors (Lipinski definition) is 4. The molecule has 0 saturated heterocycles. The minimum Gasteiger partial charge on any atom is -0.449 e. The second kappa shape index (κ2) is 6.49. The lowest BCUT2D eigenvalue weighted by Crippen LogP contribution is -2.13. The van der Waals surface area contributed by atoms with E-state index in [-0.39, 0.29) is 4.90 Å². The first kappa shape index (κ1) is 16.3. The van der Waals surface area contributed by atoms with Gasteiger partial charge in [-0.2, -0.15) is 0 Å². The first-order chi connectivity index (χ1) is 11.5. The maximum Gasteiger partial charge on any atom is 0.261 e. The minimum atomic E-state index is -3.63. The molecule has 1 aromatic heterocycles. The lowest BCUT2D eigenvalue weighted by Gasteiger charge is -2.09. The molecule has 0 fully saturated rings. The van der Waals surface area contributed by atoms with Gasteiger partial charge in [-0.3, -0.25) is 4.72 Å². The molecule has 2 aromatic carbocycles. The lowest BCUT2D eigenvalue weighted by atomic mass is 10.1.